The minimum atomic E-state index is -0.308. The average molecular weight is 342 g/mol. The van der Waals surface area contributed by atoms with Crippen LogP contribution >= 0.6 is 0 Å². The molecule has 1 saturated heterocycles. The zero-order valence-corrected chi connectivity index (χ0v) is 14.7. The van der Waals surface area contributed by atoms with Gasteiger partial charge in [0.25, 0.3) is 5.89 Å². The Balaban J connectivity index is 1.63. The van der Waals surface area contributed by atoms with E-state index in [0.29, 0.717) is 30.4 Å². The lowest BCUT2D eigenvalue weighted by Gasteiger charge is -2.20. The molecule has 0 saturated carbocycles. The first-order valence-electron chi connectivity index (χ1n) is 8.51. The number of hydrogen-bond donors (Lipinski definition) is 1. The summed E-state index contributed by atoms with van der Waals surface area (Å²) in [6.07, 6.45) is 0.981. The van der Waals surface area contributed by atoms with Gasteiger partial charge in [-0.2, -0.15) is 4.98 Å². The number of aromatic nitrogens is 2. The Morgan fingerprint density at radius 3 is 2.64 bits per heavy atom. The van der Waals surface area contributed by atoms with Crippen LogP contribution in [0.25, 0.3) is 11.5 Å². The third-order valence-corrected chi connectivity index (χ3v) is 4.34. The maximum atomic E-state index is 12.4. The number of anilines is 1. The molecule has 0 unspecified atom stereocenters. The lowest BCUT2D eigenvalue weighted by molar-refractivity contribution is -0.129. The molecule has 1 aliphatic rings. The van der Waals surface area contributed by atoms with Gasteiger partial charge in [0.05, 0.1) is 5.92 Å². The van der Waals surface area contributed by atoms with E-state index < -0.39 is 0 Å². The Morgan fingerprint density at radius 1 is 1.36 bits per heavy atom. The number of carbonyl (C=O) groups excluding carboxylic acids is 2. The Kier molecular flexibility index (Phi) is 4.83. The number of hydrogen-bond acceptors (Lipinski definition) is 5. The summed E-state index contributed by atoms with van der Waals surface area (Å²) in [5.74, 6) is 0.721. The molecular formula is C18H22N4O3. The third-order valence-electron chi connectivity index (χ3n) is 4.34. The predicted octanol–water partition coefficient (Wildman–Crippen LogP) is 2.49. The second-order valence-electron chi connectivity index (χ2n) is 6.48. The molecule has 1 aromatic heterocycles. The van der Waals surface area contributed by atoms with E-state index in [0.717, 1.165) is 5.56 Å². The van der Waals surface area contributed by atoms with Crippen LogP contribution in [-0.4, -0.2) is 39.4 Å². The fourth-order valence-corrected chi connectivity index (χ4v) is 2.86. The number of nitrogens with zero attached hydrogens (tertiary/aromatic N) is 3. The van der Waals surface area contributed by atoms with Crippen molar-refractivity contribution in [3.05, 3.63) is 30.1 Å². The molecular weight excluding hydrogens is 320 g/mol. The van der Waals surface area contributed by atoms with Crippen LogP contribution in [0.5, 0.6) is 0 Å². The molecule has 0 radical (unpaired) electrons. The highest BCUT2D eigenvalue weighted by atomic mass is 16.5. The van der Waals surface area contributed by atoms with Crippen molar-refractivity contribution in [2.45, 2.75) is 39.7 Å². The molecule has 1 aromatic carbocycles. The van der Waals surface area contributed by atoms with Gasteiger partial charge in [-0.1, -0.05) is 12.1 Å². The minimum absolute atomic E-state index is 0.0358. The van der Waals surface area contributed by atoms with Gasteiger partial charge in [-0.25, -0.2) is 0 Å². The summed E-state index contributed by atoms with van der Waals surface area (Å²) in [5, 5.41) is 6.74. The summed E-state index contributed by atoms with van der Waals surface area (Å²) in [7, 11) is 0. The maximum Gasteiger partial charge on any atom is 0.257 e. The first kappa shape index (κ1) is 17.1. The van der Waals surface area contributed by atoms with Crippen LogP contribution < -0.4 is 5.32 Å². The van der Waals surface area contributed by atoms with Gasteiger partial charge in [-0.3, -0.25) is 9.59 Å². The van der Waals surface area contributed by atoms with E-state index in [1.165, 1.54) is 0 Å². The van der Waals surface area contributed by atoms with Gasteiger partial charge >= 0.3 is 0 Å². The van der Waals surface area contributed by atoms with Crippen molar-refractivity contribution in [1.29, 1.82) is 0 Å². The normalized spacial score (nSPS) is 17.4. The average Bonchev–Trinajstić information content (AvgIpc) is 3.22. The van der Waals surface area contributed by atoms with Crippen LogP contribution in [0.3, 0.4) is 0 Å². The minimum Gasteiger partial charge on any atom is -0.339 e. The van der Waals surface area contributed by atoms with Gasteiger partial charge in [0.15, 0.2) is 5.82 Å². The van der Waals surface area contributed by atoms with E-state index in [2.05, 4.69) is 15.5 Å². The maximum absolute atomic E-state index is 12.4. The predicted molar refractivity (Wildman–Crippen MR) is 92.7 cm³/mol. The van der Waals surface area contributed by atoms with Crippen molar-refractivity contribution in [2.75, 3.05) is 11.9 Å². The molecule has 0 spiro atoms. The smallest absolute Gasteiger partial charge is 0.257 e. The highest BCUT2D eigenvalue weighted by Gasteiger charge is 2.35. The molecule has 0 aliphatic carbocycles. The highest BCUT2D eigenvalue weighted by Crippen LogP contribution is 2.23. The molecule has 1 aliphatic heterocycles. The first-order chi connectivity index (χ1) is 12.0. The van der Waals surface area contributed by atoms with Crippen molar-refractivity contribution in [3.8, 4) is 11.5 Å². The van der Waals surface area contributed by atoms with Crippen molar-refractivity contribution >= 4 is 17.5 Å². The molecule has 1 atom stereocenters. The van der Waals surface area contributed by atoms with Gasteiger partial charge in [-0.15, -0.1) is 0 Å². The standard InChI is InChI=1S/C18H22N4O3/c1-4-15-20-18(25-21-15)12-5-7-14(8-6-12)19-17(24)13-9-16(23)22(10-13)11(2)3/h5-8,11,13H,4,9-10H2,1-3H3,(H,19,24)/t13-/m1/s1. The molecule has 0 bridgehead atoms. The van der Waals surface area contributed by atoms with Crippen molar-refractivity contribution in [3.63, 3.8) is 0 Å². The van der Waals surface area contributed by atoms with Crippen molar-refractivity contribution < 1.29 is 14.1 Å². The molecule has 25 heavy (non-hydrogen) atoms. The van der Waals surface area contributed by atoms with Gasteiger partial charge < -0.3 is 14.7 Å². The van der Waals surface area contributed by atoms with E-state index >= 15 is 0 Å². The van der Waals surface area contributed by atoms with Crippen LogP contribution in [0, 0.1) is 5.92 Å². The quantitative estimate of drug-likeness (QED) is 0.902. The summed E-state index contributed by atoms with van der Waals surface area (Å²) in [6.45, 7) is 6.35. The third kappa shape index (κ3) is 3.70. The zero-order chi connectivity index (χ0) is 18.0. The van der Waals surface area contributed by atoms with E-state index in [1.807, 2.05) is 32.9 Å². The molecule has 2 amide bonds. The number of amides is 2. The van der Waals surface area contributed by atoms with Gasteiger partial charge in [-0.05, 0) is 38.1 Å². The van der Waals surface area contributed by atoms with Gasteiger partial charge in [0.1, 0.15) is 0 Å². The van der Waals surface area contributed by atoms with E-state index in [9.17, 15) is 9.59 Å². The van der Waals surface area contributed by atoms with Crippen LogP contribution in [0.1, 0.15) is 33.0 Å². The Morgan fingerprint density at radius 2 is 2.08 bits per heavy atom. The molecule has 2 heterocycles. The summed E-state index contributed by atoms with van der Waals surface area (Å²) >= 11 is 0. The second-order valence-corrected chi connectivity index (χ2v) is 6.48. The first-order valence-corrected chi connectivity index (χ1v) is 8.51. The number of likely N-dealkylation sites (tertiary alicyclic amines) is 1. The lowest BCUT2D eigenvalue weighted by atomic mass is 10.1. The van der Waals surface area contributed by atoms with E-state index in [-0.39, 0.29) is 30.2 Å². The number of rotatable bonds is 5. The molecule has 1 fully saturated rings. The monoisotopic (exact) mass is 342 g/mol. The van der Waals surface area contributed by atoms with Crippen LogP contribution in [-0.2, 0) is 16.0 Å². The molecule has 7 heteroatoms. The summed E-state index contributed by atoms with van der Waals surface area (Å²) in [6, 6.07) is 7.35. The second kappa shape index (κ2) is 7.04. The Hall–Kier alpha value is -2.70. The van der Waals surface area contributed by atoms with Crippen LogP contribution in [0.15, 0.2) is 28.8 Å². The highest BCUT2D eigenvalue weighted by molar-refractivity contribution is 5.97. The van der Waals surface area contributed by atoms with Crippen LogP contribution in [0.4, 0.5) is 5.69 Å². The topological polar surface area (TPSA) is 88.3 Å². The number of nitrogens with one attached hydrogen (secondary N) is 1. The molecule has 7 nitrogen and oxygen atoms in total. The van der Waals surface area contributed by atoms with Gasteiger partial charge in [0.2, 0.25) is 11.8 Å². The summed E-state index contributed by atoms with van der Waals surface area (Å²) in [5.41, 5.74) is 1.48. The van der Waals surface area contributed by atoms with Crippen molar-refractivity contribution in [1.82, 2.24) is 15.0 Å². The zero-order valence-electron chi connectivity index (χ0n) is 14.7. The summed E-state index contributed by atoms with van der Waals surface area (Å²) in [4.78, 5) is 30.4. The molecule has 1 N–H and O–H groups in total. The SMILES string of the molecule is CCc1noc(-c2ccc(NC(=O)[C@@H]3CC(=O)N(C(C)C)C3)cc2)n1. The van der Waals surface area contributed by atoms with Crippen LogP contribution in [0.2, 0.25) is 0 Å². The fraction of sp³-hybridized carbons (Fsp3) is 0.444. The summed E-state index contributed by atoms with van der Waals surface area (Å²) < 4.78 is 5.20. The Labute approximate surface area is 146 Å². The van der Waals surface area contributed by atoms with Crippen molar-refractivity contribution in [2.24, 2.45) is 5.92 Å². The number of benzene rings is 1. The number of aryl methyl sites for hydroxylation is 1. The fourth-order valence-electron chi connectivity index (χ4n) is 2.86. The Bertz CT molecular complexity index is 767. The number of carbonyl (C=O) groups is 2. The molecule has 2 aromatic rings. The van der Waals surface area contributed by atoms with Gasteiger partial charge in [0, 0.05) is 36.7 Å². The lowest BCUT2D eigenvalue weighted by Crippen LogP contribution is -2.33. The van der Waals surface area contributed by atoms with E-state index in [4.69, 9.17) is 4.52 Å². The molecule has 3 rings (SSSR count). The van der Waals surface area contributed by atoms with E-state index in [1.54, 1.807) is 17.0 Å². The molecule has 132 valence electrons. The largest absolute Gasteiger partial charge is 0.339 e.